The molecule has 1 saturated carbocycles. The number of halogens is 3. The Bertz CT molecular complexity index is 450. The molecule has 1 aromatic carbocycles. The predicted molar refractivity (Wildman–Crippen MR) is 78.1 cm³/mol. The van der Waals surface area contributed by atoms with Gasteiger partial charge in [0.2, 0.25) is 0 Å². The highest BCUT2D eigenvalue weighted by atomic mass is 19.4. The van der Waals surface area contributed by atoms with Crippen molar-refractivity contribution in [1.29, 1.82) is 0 Å². The molecule has 0 aromatic heterocycles. The maximum atomic E-state index is 12.6. The van der Waals surface area contributed by atoms with Crippen molar-refractivity contribution in [2.24, 2.45) is 5.73 Å². The van der Waals surface area contributed by atoms with Gasteiger partial charge in [-0.25, -0.2) is 0 Å². The smallest absolute Gasteiger partial charge is 0.323 e. The van der Waals surface area contributed by atoms with Gasteiger partial charge in [0.25, 0.3) is 0 Å². The molecule has 2 nitrogen and oxygen atoms in total. The van der Waals surface area contributed by atoms with Gasteiger partial charge in [0.15, 0.2) is 0 Å². The standard InChI is InChI=1S/C16H23F3N2/c1-11(2)12-3-5-13(6-4-12)15(20)9-21(14-7-8-14)10-16(17,18)19/h3-6,11,14-15H,7-10,20H2,1-2H3. The maximum absolute atomic E-state index is 12.6. The normalized spacial score (nSPS) is 17.5. The third kappa shape index (κ3) is 5.00. The Hall–Kier alpha value is -1.07. The molecule has 0 saturated heterocycles. The molecule has 0 aliphatic heterocycles. The van der Waals surface area contributed by atoms with Crippen LogP contribution in [0.2, 0.25) is 0 Å². The van der Waals surface area contributed by atoms with Crippen LogP contribution >= 0.6 is 0 Å². The van der Waals surface area contributed by atoms with Gasteiger partial charge < -0.3 is 5.73 Å². The van der Waals surface area contributed by atoms with E-state index in [0.29, 0.717) is 5.92 Å². The maximum Gasteiger partial charge on any atom is 0.401 e. The number of nitrogens with two attached hydrogens (primary N) is 1. The van der Waals surface area contributed by atoms with E-state index >= 15 is 0 Å². The van der Waals surface area contributed by atoms with Gasteiger partial charge in [-0.15, -0.1) is 0 Å². The van der Waals surface area contributed by atoms with E-state index in [1.54, 1.807) is 0 Å². The summed E-state index contributed by atoms with van der Waals surface area (Å²) in [4.78, 5) is 1.47. The van der Waals surface area contributed by atoms with Crippen LogP contribution in [0.4, 0.5) is 13.2 Å². The lowest BCUT2D eigenvalue weighted by atomic mass is 9.99. The molecule has 1 fully saturated rings. The van der Waals surface area contributed by atoms with Gasteiger partial charge in [0.05, 0.1) is 6.54 Å². The lowest BCUT2D eigenvalue weighted by Gasteiger charge is -2.26. The second kappa shape index (κ2) is 6.36. The first-order chi connectivity index (χ1) is 9.76. The van der Waals surface area contributed by atoms with Gasteiger partial charge in [-0.1, -0.05) is 38.1 Å². The summed E-state index contributed by atoms with van der Waals surface area (Å²) in [5, 5.41) is 0. The van der Waals surface area contributed by atoms with E-state index in [4.69, 9.17) is 5.73 Å². The van der Waals surface area contributed by atoms with E-state index in [0.717, 1.165) is 18.4 Å². The Morgan fingerprint density at radius 3 is 2.10 bits per heavy atom. The molecule has 0 radical (unpaired) electrons. The molecule has 0 heterocycles. The molecular formula is C16H23F3N2. The van der Waals surface area contributed by atoms with E-state index in [-0.39, 0.29) is 18.6 Å². The SMILES string of the molecule is CC(C)c1ccc(C(N)CN(CC(F)(F)F)C2CC2)cc1. The highest BCUT2D eigenvalue weighted by molar-refractivity contribution is 5.27. The van der Waals surface area contributed by atoms with Gasteiger partial charge in [0.1, 0.15) is 0 Å². The van der Waals surface area contributed by atoms with Crippen LogP contribution in [0.25, 0.3) is 0 Å². The lowest BCUT2D eigenvalue weighted by molar-refractivity contribution is -0.147. The summed E-state index contributed by atoms with van der Waals surface area (Å²) < 4.78 is 37.8. The molecule has 1 unspecified atom stereocenters. The fourth-order valence-electron chi connectivity index (χ4n) is 2.50. The van der Waals surface area contributed by atoms with Crippen molar-refractivity contribution in [2.45, 2.75) is 50.9 Å². The van der Waals surface area contributed by atoms with Crippen molar-refractivity contribution >= 4 is 0 Å². The summed E-state index contributed by atoms with van der Waals surface area (Å²) in [5.41, 5.74) is 8.20. The number of hydrogen-bond acceptors (Lipinski definition) is 2. The van der Waals surface area contributed by atoms with Crippen LogP contribution in [0.15, 0.2) is 24.3 Å². The molecule has 0 bridgehead atoms. The fraction of sp³-hybridized carbons (Fsp3) is 0.625. The Morgan fingerprint density at radius 2 is 1.67 bits per heavy atom. The van der Waals surface area contributed by atoms with Gasteiger partial charge in [0, 0.05) is 18.6 Å². The molecule has 0 spiro atoms. The van der Waals surface area contributed by atoms with E-state index in [1.807, 2.05) is 24.3 Å². The summed E-state index contributed by atoms with van der Waals surface area (Å²) in [7, 11) is 0. The summed E-state index contributed by atoms with van der Waals surface area (Å²) >= 11 is 0. The minimum absolute atomic E-state index is 0.0487. The number of nitrogens with zero attached hydrogens (tertiary/aromatic N) is 1. The summed E-state index contributed by atoms with van der Waals surface area (Å²) in [6.07, 6.45) is -2.48. The third-order valence-electron chi connectivity index (χ3n) is 3.91. The van der Waals surface area contributed by atoms with Gasteiger partial charge >= 0.3 is 6.18 Å². The van der Waals surface area contributed by atoms with E-state index < -0.39 is 12.7 Å². The van der Waals surface area contributed by atoms with Crippen LogP contribution in [0, 0.1) is 0 Å². The Labute approximate surface area is 124 Å². The first-order valence-corrected chi connectivity index (χ1v) is 7.42. The molecule has 2 N–H and O–H groups in total. The van der Waals surface area contributed by atoms with Crippen LogP contribution in [0.1, 0.15) is 49.8 Å². The molecule has 0 amide bonds. The van der Waals surface area contributed by atoms with Crippen molar-refractivity contribution in [2.75, 3.05) is 13.1 Å². The zero-order chi connectivity index (χ0) is 15.6. The van der Waals surface area contributed by atoms with Gasteiger partial charge in [-0.3, -0.25) is 4.90 Å². The summed E-state index contributed by atoms with van der Waals surface area (Å²) in [6.45, 7) is 3.60. The first kappa shape index (κ1) is 16.3. The molecule has 5 heteroatoms. The van der Waals surface area contributed by atoms with Crippen molar-refractivity contribution in [3.8, 4) is 0 Å². The highest BCUT2D eigenvalue weighted by Crippen LogP contribution is 2.31. The highest BCUT2D eigenvalue weighted by Gasteiger charge is 2.38. The van der Waals surface area contributed by atoms with Gasteiger partial charge in [-0.05, 0) is 29.9 Å². The van der Waals surface area contributed by atoms with Crippen molar-refractivity contribution in [1.82, 2.24) is 4.90 Å². The number of hydrogen-bond donors (Lipinski definition) is 1. The molecule has 1 aliphatic rings. The zero-order valence-electron chi connectivity index (χ0n) is 12.5. The largest absolute Gasteiger partial charge is 0.401 e. The average Bonchev–Trinajstić information content (AvgIpc) is 3.20. The lowest BCUT2D eigenvalue weighted by Crippen LogP contribution is -2.40. The number of benzene rings is 1. The molecule has 118 valence electrons. The van der Waals surface area contributed by atoms with E-state index in [9.17, 15) is 13.2 Å². The minimum Gasteiger partial charge on any atom is -0.323 e. The van der Waals surface area contributed by atoms with Crippen LogP contribution in [0.5, 0.6) is 0 Å². The van der Waals surface area contributed by atoms with Crippen LogP contribution in [0.3, 0.4) is 0 Å². The Kier molecular flexibility index (Phi) is 4.94. The van der Waals surface area contributed by atoms with E-state index in [1.165, 1.54) is 10.5 Å². The Morgan fingerprint density at radius 1 is 1.14 bits per heavy atom. The topological polar surface area (TPSA) is 29.3 Å². The molecule has 1 atom stereocenters. The summed E-state index contributed by atoms with van der Waals surface area (Å²) in [6, 6.07) is 7.54. The number of rotatable bonds is 6. The minimum atomic E-state index is -4.16. The second-order valence-electron chi connectivity index (χ2n) is 6.20. The molecule has 21 heavy (non-hydrogen) atoms. The number of alkyl halides is 3. The predicted octanol–water partition coefficient (Wildman–Crippen LogP) is 3.84. The average molecular weight is 300 g/mol. The Balaban J connectivity index is 1.99. The van der Waals surface area contributed by atoms with Crippen LogP contribution in [-0.2, 0) is 0 Å². The quantitative estimate of drug-likeness (QED) is 0.865. The van der Waals surface area contributed by atoms with Crippen molar-refractivity contribution < 1.29 is 13.2 Å². The third-order valence-corrected chi connectivity index (χ3v) is 3.91. The van der Waals surface area contributed by atoms with Crippen LogP contribution < -0.4 is 5.73 Å². The molecule has 2 rings (SSSR count). The second-order valence-corrected chi connectivity index (χ2v) is 6.20. The van der Waals surface area contributed by atoms with Crippen molar-refractivity contribution in [3.63, 3.8) is 0 Å². The fourth-order valence-corrected chi connectivity index (χ4v) is 2.50. The molecule has 1 aromatic rings. The van der Waals surface area contributed by atoms with Crippen molar-refractivity contribution in [3.05, 3.63) is 35.4 Å². The summed E-state index contributed by atoms with van der Waals surface area (Å²) in [5.74, 6) is 0.434. The zero-order valence-corrected chi connectivity index (χ0v) is 12.5. The van der Waals surface area contributed by atoms with Crippen LogP contribution in [-0.4, -0.2) is 30.2 Å². The first-order valence-electron chi connectivity index (χ1n) is 7.42. The van der Waals surface area contributed by atoms with E-state index in [2.05, 4.69) is 13.8 Å². The van der Waals surface area contributed by atoms with Gasteiger partial charge in [-0.2, -0.15) is 13.2 Å². The monoisotopic (exact) mass is 300 g/mol. The molecule has 1 aliphatic carbocycles. The molecular weight excluding hydrogens is 277 g/mol.